The van der Waals surface area contributed by atoms with Crippen molar-refractivity contribution in [3.63, 3.8) is 0 Å². The number of hydrogen-bond donors (Lipinski definition) is 1. The van der Waals surface area contributed by atoms with Gasteiger partial charge in [-0.25, -0.2) is 9.69 Å². The van der Waals surface area contributed by atoms with Crippen molar-refractivity contribution in [2.24, 2.45) is 0 Å². The summed E-state index contributed by atoms with van der Waals surface area (Å²) in [5, 5.41) is -0.160. The number of nitrogens with two attached hydrogens (primary N) is 1. The van der Waals surface area contributed by atoms with Crippen molar-refractivity contribution in [2.45, 2.75) is 41.7 Å². The van der Waals surface area contributed by atoms with Crippen LogP contribution in [0, 0.1) is 0 Å². The summed E-state index contributed by atoms with van der Waals surface area (Å²) in [5.74, 6) is -0.767. The predicted octanol–water partition coefficient (Wildman–Crippen LogP) is 4.81. The van der Waals surface area contributed by atoms with E-state index >= 15 is 0 Å². The van der Waals surface area contributed by atoms with Gasteiger partial charge >= 0.3 is 5.97 Å². The summed E-state index contributed by atoms with van der Waals surface area (Å²) < 4.78 is 5.08. The Bertz CT molecular complexity index is 1270. The molecule has 5 rings (SSSR count). The van der Waals surface area contributed by atoms with Crippen LogP contribution in [0.5, 0.6) is 0 Å². The second kappa shape index (κ2) is 9.27. The molecule has 1 aliphatic carbocycles. The van der Waals surface area contributed by atoms with E-state index in [0.29, 0.717) is 28.6 Å². The van der Waals surface area contributed by atoms with Crippen LogP contribution in [0.25, 0.3) is 0 Å². The maximum atomic E-state index is 13.4. The third-order valence-electron chi connectivity index (χ3n) is 6.35. The number of thiophene rings is 1. The van der Waals surface area contributed by atoms with Gasteiger partial charge in [-0.15, -0.1) is 23.1 Å². The highest BCUT2D eigenvalue weighted by Crippen LogP contribution is 2.46. The van der Waals surface area contributed by atoms with Gasteiger partial charge in [0, 0.05) is 21.9 Å². The minimum atomic E-state index is -0.559. The second-order valence-corrected chi connectivity index (χ2v) is 10.8. The van der Waals surface area contributed by atoms with E-state index in [1.165, 1.54) is 40.7 Å². The molecule has 1 saturated heterocycles. The topological polar surface area (TPSA) is 89.7 Å². The van der Waals surface area contributed by atoms with E-state index in [0.717, 1.165) is 28.2 Å². The molecule has 0 bridgehead atoms. The standard InChI is InChI=1S/C26H24N2O4S2/c1-32-26(31)23-19-11-10-16(15-6-3-2-4-7-15)12-20(19)34-25(23)28-22(29)14-21(24(28)30)33-18-9-5-8-17(27)13-18/h2-9,13,16,21H,10-12,14,27H2,1H3. The number of nitrogen functional groups attached to an aromatic ring is 1. The first-order valence-corrected chi connectivity index (χ1v) is 12.8. The minimum absolute atomic E-state index is 0.0775. The maximum absolute atomic E-state index is 13.4. The molecule has 174 valence electrons. The number of carbonyl (C=O) groups is 3. The second-order valence-electron chi connectivity index (χ2n) is 8.48. The molecule has 1 fully saturated rings. The molecule has 6 nitrogen and oxygen atoms in total. The Morgan fingerprint density at radius 2 is 1.91 bits per heavy atom. The quantitative estimate of drug-likeness (QED) is 0.312. The Hall–Kier alpha value is -3.10. The van der Waals surface area contributed by atoms with Crippen LogP contribution in [0.2, 0.25) is 0 Å². The molecule has 3 aromatic rings. The van der Waals surface area contributed by atoms with Crippen LogP contribution in [0.3, 0.4) is 0 Å². The summed E-state index contributed by atoms with van der Waals surface area (Å²) in [6.07, 6.45) is 2.44. The molecule has 0 spiro atoms. The lowest BCUT2D eigenvalue weighted by molar-refractivity contribution is -0.121. The number of carbonyl (C=O) groups excluding carboxylic acids is 3. The van der Waals surface area contributed by atoms with E-state index in [4.69, 9.17) is 10.5 Å². The summed E-state index contributed by atoms with van der Waals surface area (Å²) in [6.45, 7) is 0. The number of amides is 2. The zero-order valence-corrected chi connectivity index (χ0v) is 20.3. The van der Waals surface area contributed by atoms with Crippen LogP contribution in [-0.2, 0) is 27.2 Å². The van der Waals surface area contributed by atoms with Gasteiger partial charge in [0.05, 0.1) is 17.9 Å². The van der Waals surface area contributed by atoms with Crippen molar-refractivity contribution in [1.82, 2.24) is 0 Å². The monoisotopic (exact) mass is 492 g/mol. The number of esters is 1. The number of thioether (sulfide) groups is 1. The van der Waals surface area contributed by atoms with Gasteiger partial charge in [-0.2, -0.15) is 0 Å². The first-order chi connectivity index (χ1) is 16.5. The van der Waals surface area contributed by atoms with Crippen LogP contribution in [0.4, 0.5) is 10.7 Å². The SMILES string of the molecule is COC(=O)c1c(N2C(=O)CC(Sc3cccc(N)c3)C2=O)sc2c1CCC(c1ccccc1)C2. The summed E-state index contributed by atoms with van der Waals surface area (Å²) >= 11 is 2.70. The lowest BCUT2D eigenvalue weighted by Crippen LogP contribution is -2.31. The largest absolute Gasteiger partial charge is 0.465 e. The van der Waals surface area contributed by atoms with Gasteiger partial charge in [0.1, 0.15) is 5.00 Å². The fraction of sp³-hybridized carbons (Fsp3) is 0.269. The Balaban J connectivity index is 1.47. The van der Waals surface area contributed by atoms with E-state index in [1.807, 2.05) is 30.3 Å². The van der Waals surface area contributed by atoms with Gasteiger partial charge in [-0.05, 0) is 54.5 Å². The van der Waals surface area contributed by atoms with E-state index in [1.54, 1.807) is 12.1 Å². The van der Waals surface area contributed by atoms with Crippen LogP contribution >= 0.6 is 23.1 Å². The Morgan fingerprint density at radius 3 is 2.65 bits per heavy atom. The summed E-state index contributed by atoms with van der Waals surface area (Å²) in [4.78, 5) is 42.3. The van der Waals surface area contributed by atoms with E-state index in [9.17, 15) is 14.4 Å². The Morgan fingerprint density at radius 1 is 1.12 bits per heavy atom. The van der Waals surface area contributed by atoms with Crippen LogP contribution in [0.15, 0.2) is 59.5 Å². The molecule has 0 radical (unpaired) electrons. The van der Waals surface area contributed by atoms with Gasteiger partial charge in [-0.3, -0.25) is 9.59 Å². The lowest BCUT2D eigenvalue weighted by atomic mass is 9.83. The van der Waals surface area contributed by atoms with Crippen molar-refractivity contribution in [3.05, 3.63) is 76.2 Å². The molecule has 2 amide bonds. The molecule has 2 unspecified atom stereocenters. The van der Waals surface area contributed by atoms with Gasteiger partial charge in [0.15, 0.2) is 0 Å². The first kappa shape index (κ1) is 22.7. The van der Waals surface area contributed by atoms with Crippen molar-refractivity contribution in [1.29, 1.82) is 0 Å². The molecule has 2 aromatic carbocycles. The van der Waals surface area contributed by atoms with E-state index < -0.39 is 11.2 Å². The summed E-state index contributed by atoms with van der Waals surface area (Å²) in [7, 11) is 1.33. The molecule has 0 saturated carbocycles. The molecule has 34 heavy (non-hydrogen) atoms. The van der Waals surface area contributed by atoms with Crippen molar-refractivity contribution >= 4 is 51.6 Å². The van der Waals surface area contributed by atoms with Gasteiger partial charge in [0.2, 0.25) is 11.8 Å². The fourth-order valence-corrected chi connectivity index (χ4v) is 7.27. The Kier molecular flexibility index (Phi) is 6.18. The molecular formula is C26H24N2O4S2. The highest BCUT2D eigenvalue weighted by atomic mass is 32.2. The number of anilines is 2. The molecule has 1 aromatic heterocycles. The third-order valence-corrected chi connectivity index (χ3v) is 8.77. The van der Waals surface area contributed by atoms with E-state index in [-0.39, 0.29) is 18.2 Å². The van der Waals surface area contributed by atoms with E-state index in [2.05, 4.69) is 12.1 Å². The molecular weight excluding hydrogens is 468 g/mol. The van der Waals surface area contributed by atoms with Gasteiger partial charge in [0.25, 0.3) is 0 Å². The number of hydrogen-bond acceptors (Lipinski definition) is 7. The predicted molar refractivity (Wildman–Crippen MR) is 134 cm³/mol. The molecule has 2 N–H and O–H groups in total. The number of nitrogens with zero attached hydrogens (tertiary/aromatic N) is 1. The Labute approximate surface area is 206 Å². The number of fused-ring (bicyclic) bond motifs is 1. The minimum Gasteiger partial charge on any atom is -0.465 e. The molecule has 2 aliphatic rings. The number of methoxy groups -OCH3 is 1. The molecule has 2 atom stereocenters. The van der Waals surface area contributed by atoms with Gasteiger partial charge in [-0.1, -0.05) is 36.4 Å². The van der Waals surface area contributed by atoms with Crippen LogP contribution in [0.1, 0.15) is 45.1 Å². The van der Waals surface area contributed by atoms with Crippen molar-refractivity contribution in [2.75, 3.05) is 17.7 Å². The fourth-order valence-electron chi connectivity index (χ4n) is 4.71. The number of ether oxygens (including phenoxy) is 1. The lowest BCUT2D eigenvalue weighted by Gasteiger charge is -2.23. The molecule has 1 aliphatic heterocycles. The number of imide groups is 1. The highest BCUT2D eigenvalue weighted by molar-refractivity contribution is 8.00. The average Bonchev–Trinajstić information content (AvgIpc) is 3.34. The highest BCUT2D eigenvalue weighted by Gasteiger charge is 2.44. The summed E-state index contributed by atoms with van der Waals surface area (Å²) in [5.41, 5.74) is 9.00. The van der Waals surface area contributed by atoms with Crippen LogP contribution < -0.4 is 10.6 Å². The first-order valence-electron chi connectivity index (χ1n) is 11.1. The zero-order valence-electron chi connectivity index (χ0n) is 18.7. The maximum Gasteiger partial charge on any atom is 0.341 e. The van der Waals surface area contributed by atoms with Crippen molar-refractivity contribution in [3.8, 4) is 0 Å². The number of rotatable bonds is 5. The zero-order chi connectivity index (χ0) is 23.8. The average molecular weight is 493 g/mol. The molecule has 2 heterocycles. The summed E-state index contributed by atoms with van der Waals surface area (Å²) in [6, 6.07) is 17.6. The van der Waals surface area contributed by atoms with Gasteiger partial charge < -0.3 is 10.5 Å². The molecule has 8 heteroatoms. The van der Waals surface area contributed by atoms with Crippen molar-refractivity contribution < 1.29 is 19.1 Å². The smallest absolute Gasteiger partial charge is 0.341 e. The third kappa shape index (κ3) is 4.12. The van der Waals surface area contributed by atoms with Crippen LogP contribution in [-0.4, -0.2) is 30.1 Å². The number of benzene rings is 2. The normalized spacial score (nSPS) is 19.9.